The number of ether oxygens (including phenoxy) is 1. The Morgan fingerprint density at radius 2 is 2.00 bits per heavy atom. The molecule has 0 saturated heterocycles. The molecule has 0 aromatic heterocycles. The first-order valence-corrected chi connectivity index (χ1v) is 6.65. The van der Waals surface area contributed by atoms with Gasteiger partial charge in [0.1, 0.15) is 5.75 Å². The first-order valence-electron chi connectivity index (χ1n) is 5.86. The van der Waals surface area contributed by atoms with Gasteiger partial charge in [0.15, 0.2) is 0 Å². The molecule has 0 saturated carbocycles. The molecule has 0 unspecified atom stereocenters. The summed E-state index contributed by atoms with van der Waals surface area (Å²) in [6.07, 6.45) is 0. The molecule has 0 fully saturated rings. The molecule has 0 aliphatic heterocycles. The van der Waals surface area contributed by atoms with Gasteiger partial charge in [0.2, 0.25) is 0 Å². The molecule has 1 amide bonds. The third-order valence-electron chi connectivity index (χ3n) is 2.69. The molecule has 0 radical (unpaired) electrons. The van der Waals surface area contributed by atoms with Crippen LogP contribution in [0.25, 0.3) is 0 Å². The number of hydrogen-bond donors (Lipinski definition) is 1. The second-order valence-electron chi connectivity index (χ2n) is 4.01. The van der Waals surface area contributed by atoms with Crippen LogP contribution in [-0.4, -0.2) is 13.0 Å². The van der Waals surface area contributed by atoms with Gasteiger partial charge in [0.25, 0.3) is 5.91 Å². The van der Waals surface area contributed by atoms with Crippen molar-refractivity contribution in [1.29, 1.82) is 0 Å². The van der Waals surface area contributed by atoms with E-state index in [0.717, 1.165) is 10.0 Å². The molecular formula is C15H14BrNO2. The van der Waals surface area contributed by atoms with Crippen molar-refractivity contribution in [1.82, 2.24) is 5.32 Å². The molecule has 0 heterocycles. The summed E-state index contributed by atoms with van der Waals surface area (Å²) in [5.74, 6) is 0.437. The van der Waals surface area contributed by atoms with Gasteiger partial charge < -0.3 is 10.1 Å². The Kier molecular flexibility index (Phi) is 4.58. The van der Waals surface area contributed by atoms with Crippen LogP contribution in [0, 0.1) is 0 Å². The summed E-state index contributed by atoms with van der Waals surface area (Å²) in [7, 11) is 1.56. The predicted molar refractivity (Wildman–Crippen MR) is 78.3 cm³/mol. The summed E-state index contributed by atoms with van der Waals surface area (Å²) in [6, 6.07) is 15.0. The summed E-state index contributed by atoms with van der Waals surface area (Å²) in [5.41, 5.74) is 1.58. The average Bonchev–Trinajstić information content (AvgIpc) is 2.45. The largest absolute Gasteiger partial charge is 0.496 e. The van der Waals surface area contributed by atoms with Crippen molar-refractivity contribution < 1.29 is 9.53 Å². The van der Waals surface area contributed by atoms with E-state index in [1.807, 2.05) is 36.4 Å². The SMILES string of the molecule is COc1ccccc1C(=O)NCc1cccc(Br)c1. The van der Waals surface area contributed by atoms with E-state index >= 15 is 0 Å². The standard InChI is InChI=1S/C15H14BrNO2/c1-19-14-8-3-2-7-13(14)15(18)17-10-11-5-4-6-12(16)9-11/h2-9H,10H2,1H3,(H,17,18). The first kappa shape index (κ1) is 13.6. The van der Waals surface area contributed by atoms with Gasteiger partial charge in [-0.3, -0.25) is 4.79 Å². The molecule has 0 aliphatic carbocycles. The van der Waals surface area contributed by atoms with E-state index in [9.17, 15) is 4.79 Å². The monoisotopic (exact) mass is 319 g/mol. The van der Waals surface area contributed by atoms with E-state index in [1.54, 1.807) is 19.2 Å². The number of carbonyl (C=O) groups excluding carboxylic acids is 1. The fourth-order valence-electron chi connectivity index (χ4n) is 1.76. The molecule has 98 valence electrons. The van der Waals surface area contributed by atoms with Crippen LogP contribution >= 0.6 is 15.9 Å². The lowest BCUT2D eigenvalue weighted by Gasteiger charge is -2.09. The van der Waals surface area contributed by atoms with Crippen LogP contribution in [0.5, 0.6) is 5.75 Å². The Hall–Kier alpha value is -1.81. The maximum atomic E-state index is 12.1. The lowest BCUT2D eigenvalue weighted by atomic mass is 10.1. The van der Waals surface area contributed by atoms with Crippen LogP contribution in [0.15, 0.2) is 53.0 Å². The number of hydrogen-bond acceptors (Lipinski definition) is 2. The van der Waals surface area contributed by atoms with Gasteiger partial charge in [-0.05, 0) is 29.8 Å². The lowest BCUT2D eigenvalue weighted by Crippen LogP contribution is -2.23. The van der Waals surface area contributed by atoms with Crippen LogP contribution in [-0.2, 0) is 6.54 Å². The number of methoxy groups -OCH3 is 1. The third-order valence-corrected chi connectivity index (χ3v) is 3.19. The maximum absolute atomic E-state index is 12.1. The fourth-order valence-corrected chi connectivity index (χ4v) is 2.20. The van der Waals surface area contributed by atoms with Gasteiger partial charge in [-0.2, -0.15) is 0 Å². The third kappa shape index (κ3) is 3.58. The van der Waals surface area contributed by atoms with E-state index in [1.165, 1.54) is 0 Å². The van der Waals surface area contributed by atoms with Crippen LogP contribution in [0.3, 0.4) is 0 Å². The van der Waals surface area contributed by atoms with Crippen molar-refractivity contribution in [2.75, 3.05) is 7.11 Å². The Morgan fingerprint density at radius 3 is 2.74 bits per heavy atom. The predicted octanol–water partition coefficient (Wildman–Crippen LogP) is 3.39. The van der Waals surface area contributed by atoms with Crippen molar-refractivity contribution in [2.24, 2.45) is 0 Å². The number of amides is 1. The number of nitrogens with one attached hydrogen (secondary N) is 1. The molecule has 19 heavy (non-hydrogen) atoms. The van der Waals surface area contributed by atoms with E-state index in [0.29, 0.717) is 17.9 Å². The highest BCUT2D eigenvalue weighted by Crippen LogP contribution is 2.17. The zero-order valence-corrected chi connectivity index (χ0v) is 12.1. The molecule has 0 bridgehead atoms. The molecule has 0 atom stereocenters. The Bertz CT molecular complexity index is 584. The van der Waals surface area contributed by atoms with Crippen molar-refractivity contribution in [3.8, 4) is 5.75 Å². The van der Waals surface area contributed by atoms with Crippen LogP contribution in [0.2, 0.25) is 0 Å². The Labute approximate surface area is 120 Å². The molecule has 2 aromatic carbocycles. The minimum absolute atomic E-state index is 0.141. The first-order chi connectivity index (χ1) is 9.20. The van der Waals surface area contributed by atoms with E-state index in [4.69, 9.17) is 4.74 Å². The molecule has 1 N–H and O–H groups in total. The normalized spacial score (nSPS) is 10.0. The second kappa shape index (κ2) is 6.38. The van der Waals surface area contributed by atoms with Gasteiger partial charge in [0, 0.05) is 11.0 Å². The smallest absolute Gasteiger partial charge is 0.255 e. The van der Waals surface area contributed by atoms with E-state index in [2.05, 4.69) is 21.2 Å². The Balaban J connectivity index is 2.05. The fraction of sp³-hybridized carbons (Fsp3) is 0.133. The van der Waals surface area contributed by atoms with Gasteiger partial charge in [-0.15, -0.1) is 0 Å². The van der Waals surface area contributed by atoms with E-state index in [-0.39, 0.29) is 5.91 Å². The minimum Gasteiger partial charge on any atom is -0.496 e. The zero-order valence-electron chi connectivity index (χ0n) is 10.5. The quantitative estimate of drug-likeness (QED) is 0.938. The van der Waals surface area contributed by atoms with Crippen molar-refractivity contribution in [3.05, 3.63) is 64.1 Å². The summed E-state index contributed by atoms with van der Waals surface area (Å²) in [5, 5.41) is 2.88. The number of benzene rings is 2. The van der Waals surface area contributed by atoms with Gasteiger partial charge in [-0.1, -0.05) is 40.2 Å². The number of halogens is 1. The van der Waals surface area contributed by atoms with Crippen LogP contribution in [0.1, 0.15) is 15.9 Å². The van der Waals surface area contributed by atoms with Gasteiger partial charge in [0.05, 0.1) is 12.7 Å². The van der Waals surface area contributed by atoms with Crippen LogP contribution in [0.4, 0.5) is 0 Å². The second-order valence-corrected chi connectivity index (χ2v) is 4.93. The highest BCUT2D eigenvalue weighted by Gasteiger charge is 2.10. The van der Waals surface area contributed by atoms with Crippen molar-refractivity contribution in [2.45, 2.75) is 6.54 Å². The summed E-state index contributed by atoms with van der Waals surface area (Å²) < 4.78 is 6.17. The van der Waals surface area contributed by atoms with Crippen molar-refractivity contribution >= 4 is 21.8 Å². The average molecular weight is 320 g/mol. The minimum atomic E-state index is -0.141. The topological polar surface area (TPSA) is 38.3 Å². The highest BCUT2D eigenvalue weighted by atomic mass is 79.9. The molecule has 2 rings (SSSR count). The maximum Gasteiger partial charge on any atom is 0.255 e. The molecule has 2 aromatic rings. The van der Waals surface area contributed by atoms with Gasteiger partial charge >= 0.3 is 0 Å². The summed E-state index contributed by atoms with van der Waals surface area (Å²) >= 11 is 3.40. The number of para-hydroxylation sites is 1. The lowest BCUT2D eigenvalue weighted by molar-refractivity contribution is 0.0948. The van der Waals surface area contributed by atoms with Gasteiger partial charge in [-0.25, -0.2) is 0 Å². The number of rotatable bonds is 4. The molecule has 3 nitrogen and oxygen atoms in total. The zero-order chi connectivity index (χ0) is 13.7. The summed E-state index contributed by atoms with van der Waals surface area (Å²) in [6.45, 7) is 0.482. The van der Waals surface area contributed by atoms with E-state index < -0.39 is 0 Å². The highest BCUT2D eigenvalue weighted by molar-refractivity contribution is 9.10. The molecule has 0 aliphatic rings. The summed E-state index contributed by atoms with van der Waals surface area (Å²) in [4.78, 5) is 12.1. The molecular weight excluding hydrogens is 306 g/mol. The molecule has 4 heteroatoms. The molecule has 0 spiro atoms. The van der Waals surface area contributed by atoms with Crippen LogP contribution < -0.4 is 10.1 Å². The number of carbonyl (C=O) groups is 1. The van der Waals surface area contributed by atoms with Crippen molar-refractivity contribution in [3.63, 3.8) is 0 Å². The Morgan fingerprint density at radius 1 is 1.21 bits per heavy atom.